The highest BCUT2D eigenvalue weighted by Gasteiger charge is 2.13. The predicted molar refractivity (Wildman–Crippen MR) is 121 cm³/mol. The van der Waals surface area contributed by atoms with Gasteiger partial charge in [-0.15, -0.1) is 0 Å². The van der Waals surface area contributed by atoms with E-state index in [-0.39, 0.29) is 0 Å². The number of carbonyl (C=O) groups is 3. The first-order valence-electron chi connectivity index (χ1n) is 8.79. The molecular formula is C22H16IN3O4. The van der Waals surface area contributed by atoms with E-state index in [1.54, 1.807) is 66.7 Å². The topological polar surface area (TPSA) is 96.9 Å². The van der Waals surface area contributed by atoms with Gasteiger partial charge >= 0.3 is 17.8 Å². The van der Waals surface area contributed by atoms with Crippen LogP contribution in [0, 0.1) is 3.57 Å². The minimum absolute atomic E-state index is 0.378. The fraction of sp³-hybridized carbons (Fsp3) is 0. The number of hydrogen-bond acceptors (Lipinski definition) is 5. The van der Waals surface area contributed by atoms with Gasteiger partial charge in [0.15, 0.2) is 0 Å². The van der Waals surface area contributed by atoms with Crippen LogP contribution in [0.5, 0.6) is 5.75 Å². The van der Waals surface area contributed by atoms with Gasteiger partial charge in [-0.2, -0.15) is 5.10 Å². The molecule has 0 heterocycles. The van der Waals surface area contributed by atoms with Crippen molar-refractivity contribution in [2.45, 2.75) is 0 Å². The summed E-state index contributed by atoms with van der Waals surface area (Å²) in [7, 11) is 0. The molecular weight excluding hydrogens is 497 g/mol. The van der Waals surface area contributed by atoms with Crippen molar-refractivity contribution in [2.24, 2.45) is 5.10 Å². The smallest absolute Gasteiger partial charge is 0.344 e. The van der Waals surface area contributed by atoms with Crippen LogP contribution in [0.25, 0.3) is 0 Å². The van der Waals surface area contributed by atoms with Gasteiger partial charge in [0.05, 0.1) is 11.8 Å². The Balaban J connectivity index is 1.52. The van der Waals surface area contributed by atoms with Crippen molar-refractivity contribution in [3.05, 3.63) is 93.6 Å². The van der Waals surface area contributed by atoms with E-state index in [4.69, 9.17) is 4.74 Å². The Labute approximate surface area is 186 Å². The van der Waals surface area contributed by atoms with Crippen LogP contribution in [0.15, 0.2) is 84.0 Å². The summed E-state index contributed by atoms with van der Waals surface area (Å²) in [6, 6.07) is 22.3. The Kier molecular flexibility index (Phi) is 7.28. The molecule has 2 N–H and O–H groups in total. The number of amides is 2. The van der Waals surface area contributed by atoms with Crippen molar-refractivity contribution in [3.8, 4) is 5.75 Å². The van der Waals surface area contributed by atoms with Gasteiger partial charge in [0.25, 0.3) is 0 Å². The third kappa shape index (κ3) is 5.98. The van der Waals surface area contributed by atoms with Gasteiger partial charge in [-0.3, -0.25) is 9.59 Å². The van der Waals surface area contributed by atoms with Crippen LogP contribution >= 0.6 is 22.6 Å². The first kappa shape index (κ1) is 21.2. The minimum atomic E-state index is -0.891. The lowest BCUT2D eigenvalue weighted by atomic mass is 10.2. The second kappa shape index (κ2) is 10.3. The summed E-state index contributed by atoms with van der Waals surface area (Å²) in [6.07, 6.45) is 1.37. The summed E-state index contributed by atoms with van der Waals surface area (Å²) >= 11 is 2.07. The monoisotopic (exact) mass is 513 g/mol. The number of rotatable bonds is 5. The van der Waals surface area contributed by atoms with Crippen molar-refractivity contribution < 1.29 is 19.1 Å². The number of anilines is 1. The summed E-state index contributed by atoms with van der Waals surface area (Å²) in [6.45, 7) is 0. The zero-order valence-corrected chi connectivity index (χ0v) is 17.7. The van der Waals surface area contributed by atoms with E-state index in [1.807, 2.05) is 12.1 Å². The molecule has 3 rings (SSSR count). The molecule has 0 aliphatic heterocycles. The average Bonchev–Trinajstić information content (AvgIpc) is 2.76. The minimum Gasteiger partial charge on any atom is -0.423 e. The number of esters is 1. The molecule has 0 aliphatic rings. The van der Waals surface area contributed by atoms with Crippen LogP contribution in [0.2, 0.25) is 0 Å². The van der Waals surface area contributed by atoms with E-state index < -0.39 is 17.8 Å². The molecule has 0 fully saturated rings. The fourth-order valence-corrected chi connectivity index (χ4v) is 2.94. The van der Waals surface area contributed by atoms with Gasteiger partial charge in [0.2, 0.25) is 0 Å². The molecule has 0 bridgehead atoms. The van der Waals surface area contributed by atoms with Crippen LogP contribution in [0.4, 0.5) is 5.69 Å². The Morgan fingerprint density at radius 3 is 2.20 bits per heavy atom. The number of para-hydroxylation sites is 1. The highest BCUT2D eigenvalue weighted by Crippen LogP contribution is 2.17. The molecule has 0 atom stereocenters. The number of benzene rings is 3. The van der Waals surface area contributed by atoms with Gasteiger partial charge in [-0.05, 0) is 76.7 Å². The Bertz CT molecular complexity index is 1080. The second-order valence-corrected chi connectivity index (χ2v) is 7.12. The summed E-state index contributed by atoms with van der Waals surface area (Å²) < 4.78 is 6.16. The van der Waals surface area contributed by atoms with Gasteiger partial charge in [-0.1, -0.05) is 30.3 Å². The zero-order chi connectivity index (χ0) is 21.3. The number of carbonyl (C=O) groups excluding carboxylic acids is 3. The van der Waals surface area contributed by atoms with Crippen LogP contribution in [0.1, 0.15) is 15.9 Å². The standard InChI is InChI=1S/C22H16IN3O4/c23-19-9-5-4-8-18(19)22(29)30-17-12-10-15(11-13-17)14-24-26-21(28)20(27)25-16-6-2-1-3-7-16/h1-14H,(H,25,27)(H,26,28)/b24-14-. The first-order chi connectivity index (χ1) is 14.5. The third-order valence-electron chi connectivity index (χ3n) is 3.80. The average molecular weight is 513 g/mol. The molecule has 0 aliphatic carbocycles. The van der Waals surface area contributed by atoms with Gasteiger partial charge < -0.3 is 10.1 Å². The van der Waals surface area contributed by atoms with E-state index >= 15 is 0 Å². The Hall–Kier alpha value is -3.53. The quantitative estimate of drug-likeness (QED) is 0.136. The summed E-state index contributed by atoms with van der Waals surface area (Å²) in [5, 5.41) is 6.22. The van der Waals surface area contributed by atoms with E-state index in [9.17, 15) is 14.4 Å². The maximum Gasteiger partial charge on any atom is 0.344 e. The van der Waals surface area contributed by atoms with Crippen molar-refractivity contribution in [2.75, 3.05) is 5.32 Å². The van der Waals surface area contributed by atoms with Crippen molar-refractivity contribution in [1.29, 1.82) is 0 Å². The number of nitrogens with zero attached hydrogens (tertiary/aromatic N) is 1. The van der Waals surface area contributed by atoms with E-state index in [0.717, 1.165) is 3.57 Å². The SMILES string of the molecule is O=C(N/N=C\c1ccc(OC(=O)c2ccccc2I)cc1)C(=O)Nc1ccccc1. The number of hydrazone groups is 1. The summed E-state index contributed by atoms with van der Waals surface area (Å²) in [4.78, 5) is 35.8. The number of halogens is 1. The van der Waals surface area contributed by atoms with Crippen molar-refractivity contribution in [1.82, 2.24) is 5.43 Å². The lowest BCUT2D eigenvalue weighted by Crippen LogP contribution is -2.32. The zero-order valence-electron chi connectivity index (χ0n) is 15.5. The molecule has 30 heavy (non-hydrogen) atoms. The van der Waals surface area contributed by atoms with E-state index in [1.165, 1.54) is 6.21 Å². The highest BCUT2D eigenvalue weighted by atomic mass is 127. The van der Waals surface area contributed by atoms with E-state index in [2.05, 4.69) is 38.4 Å². The third-order valence-corrected chi connectivity index (χ3v) is 4.74. The molecule has 7 nitrogen and oxygen atoms in total. The van der Waals surface area contributed by atoms with Crippen LogP contribution in [0.3, 0.4) is 0 Å². The molecule has 3 aromatic carbocycles. The normalized spacial score (nSPS) is 10.4. The number of nitrogens with one attached hydrogen (secondary N) is 2. The largest absolute Gasteiger partial charge is 0.423 e. The lowest BCUT2D eigenvalue weighted by molar-refractivity contribution is -0.136. The molecule has 150 valence electrons. The van der Waals surface area contributed by atoms with Gasteiger partial charge in [0.1, 0.15) is 5.75 Å². The molecule has 0 spiro atoms. The molecule has 8 heteroatoms. The van der Waals surface area contributed by atoms with Gasteiger partial charge in [0, 0.05) is 9.26 Å². The molecule has 0 aromatic heterocycles. The maximum atomic E-state index is 12.2. The van der Waals surface area contributed by atoms with Gasteiger partial charge in [-0.25, -0.2) is 10.2 Å². The molecule has 0 unspecified atom stereocenters. The molecule has 0 saturated carbocycles. The van der Waals surface area contributed by atoms with Crippen LogP contribution in [-0.4, -0.2) is 24.0 Å². The first-order valence-corrected chi connectivity index (χ1v) is 9.87. The summed E-state index contributed by atoms with van der Waals surface area (Å²) in [5.74, 6) is -1.78. The summed E-state index contributed by atoms with van der Waals surface area (Å²) in [5.41, 5.74) is 3.80. The maximum absolute atomic E-state index is 12.2. The van der Waals surface area contributed by atoms with Crippen molar-refractivity contribution >= 4 is 52.3 Å². The van der Waals surface area contributed by atoms with E-state index in [0.29, 0.717) is 22.6 Å². The highest BCUT2D eigenvalue weighted by molar-refractivity contribution is 14.1. The molecule has 0 saturated heterocycles. The Morgan fingerprint density at radius 1 is 0.833 bits per heavy atom. The lowest BCUT2D eigenvalue weighted by Gasteiger charge is -2.06. The number of ether oxygens (including phenoxy) is 1. The van der Waals surface area contributed by atoms with Crippen LogP contribution < -0.4 is 15.5 Å². The molecule has 0 radical (unpaired) electrons. The predicted octanol–water partition coefficient (Wildman–Crippen LogP) is 3.60. The fourth-order valence-electron chi connectivity index (χ4n) is 2.34. The Morgan fingerprint density at radius 2 is 1.50 bits per heavy atom. The number of hydrogen-bond donors (Lipinski definition) is 2. The molecule has 3 aromatic rings. The van der Waals surface area contributed by atoms with Crippen LogP contribution in [-0.2, 0) is 9.59 Å². The second-order valence-electron chi connectivity index (χ2n) is 5.96. The van der Waals surface area contributed by atoms with Crippen molar-refractivity contribution in [3.63, 3.8) is 0 Å². The molecule has 2 amide bonds.